The maximum absolute atomic E-state index is 13.2. The minimum absolute atomic E-state index is 0.0226. The summed E-state index contributed by atoms with van der Waals surface area (Å²) < 4.78 is 32.4. The van der Waals surface area contributed by atoms with Crippen LogP contribution >= 0.6 is 22.9 Å². The number of thiazole rings is 1. The predicted molar refractivity (Wildman–Crippen MR) is 92.4 cm³/mol. The summed E-state index contributed by atoms with van der Waals surface area (Å²) in [4.78, 5) is 18.5. The molecule has 0 atom stereocenters. The number of hydrogen-bond acceptors (Lipinski definition) is 5. The molecule has 25 heavy (non-hydrogen) atoms. The van der Waals surface area contributed by atoms with Gasteiger partial charge in [0, 0.05) is 0 Å². The molecule has 4 rings (SSSR count). The Morgan fingerprint density at radius 1 is 1.20 bits per heavy atom. The van der Waals surface area contributed by atoms with Crippen LogP contribution in [-0.4, -0.2) is 30.1 Å². The van der Waals surface area contributed by atoms with Crippen molar-refractivity contribution in [1.29, 1.82) is 0 Å². The molecule has 0 radical (unpaired) electrons. The number of carbonyl (C=O) groups is 1. The fraction of sp³-hybridized carbons (Fsp3) is 0.176. The van der Waals surface area contributed by atoms with Gasteiger partial charge in [-0.2, -0.15) is 0 Å². The molecule has 1 aliphatic heterocycles. The first-order chi connectivity index (χ1) is 12.0. The maximum Gasteiger partial charge on any atom is 0.340 e. The largest absolute Gasteiger partial charge is 0.455 e. The Labute approximate surface area is 150 Å². The minimum Gasteiger partial charge on any atom is -0.455 e. The van der Waals surface area contributed by atoms with Crippen molar-refractivity contribution in [2.75, 3.05) is 18.0 Å². The zero-order valence-electron chi connectivity index (χ0n) is 12.7. The lowest BCUT2D eigenvalue weighted by Gasteiger charge is -2.38. The predicted octanol–water partition coefficient (Wildman–Crippen LogP) is 4.27. The fourth-order valence-electron chi connectivity index (χ4n) is 2.56. The van der Waals surface area contributed by atoms with Crippen LogP contribution in [0.1, 0.15) is 10.4 Å². The van der Waals surface area contributed by atoms with E-state index >= 15 is 0 Å². The molecular formula is C17H11ClF2N2O2S. The Balaban J connectivity index is 1.40. The molecule has 0 bridgehead atoms. The lowest BCUT2D eigenvalue weighted by Crippen LogP contribution is -2.53. The summed E-state index contributed by atoms with van der Waals surface area (Å²) in [6.07, 6.45) is -0.294. The molecule has 4 nitrogen and oxygen atoms in total. The van der Waals surface area contributed by atoms with E-state index in [-0.39, 0.29) is 22.5 Å². The van der Waals surface area contributed by atoms with Crippen molar-refractivity contribution in [1.82, 2.24) is 4.98 Å². The van der Waals surface area contributed by atoms with Gasteiger partial charge >= 0.3 is 5.97 Å². The fourth-order valence-corrected chi connectivity index (χ4v) is 3.81. The van der Waals surface area contributed by atoms with E-state index < -0.39 is 11.8 Å². The van der Waals surface area contributed by atoms with E-state index in [4.69, 9.17) is 16.3 Å². The number of rotatable bonds is 3. The normalized spacial score (nSPS) is 14.6. The summed E-state index contributed by atoms with van der Waals surface area (Å²) in [6.45, 7) is 0.986. The molecule has 2 aromatic carbocycles. The molecule has 0 saturated carbocycles. The quantitative estimate of drug-likeness (QED) is 0.636. The molecular weight excluding hydrogens is 370 g/mol. The molecule has 0 N–H and O–H groups in total. The van der Waals surface area contributed by atoms with Gasteiger partial charge in [0.2, 0.25) is 0 Å². The number of fused-ring (bicyclic) bond motifs is 1. The smallest absolute Gasteiger partial charge is 0.340 e. The number of hydrogen-bond donors (Lipinski definition) is 0. The Kier molecular flexibility index (Phi) is 4.05. The third-order valence-corrected chi connectivity index (χ3v) is 5.27. The number of aromatic nitrogens is 1. The topological polar surface area (TPSA) is 42.4 Å². The van der Waals surface area contributed by atoms with Gasteiger partial charge < -0.3 is 9.64 Å². The van der Waals surface area contributed by atoms with Crippen LogP contribution in [0.5, 0.6) is 0 Å². The lowest BCUT2D eigenvalue weighted by atomic mass is 10.1. The van der Waals surface area contributed by atoms with Crippen LogP contribution < -0.4 is 4.90 Å². The summed E-state index contributed by atoms with van der Waals surface area (Å²) in [5.74, 6) is -1.39. The Hall–Kier alpha value is -2.25. The van der Waals surface area contributed by atoms with Crippen LogP contribution in [0.25, 0.3) is 10.2 Å². The molecule has 2 heterocycles. The number of nitrogens with zero attached hydrogens (tertiary/aromatic N) is 2. The van der Waals surface area contributed by atoms with Crippen LogP contribution in [0.15, 0.2) is 36.4 Å². The molecule has 3 aromatic rings. The number of ether oxygens (including phenoxy) is 1. The first-order valence-corrected chi connectivity index (χ1v) is 8.66. The first-order valence-electron chi connectivity index (χ1n) is 7.46. The third-order valence-electron chi connectivity index (χ3n) is 3.88. The number of carbonyl (C=O) groups excluding carboxylic acids is 1. The lowest BCUT2D eigenvalue weighted by molar-refractivity contribution is 0.0234. The van der Waals surface area contributed by atoms with Crippen LogP contribution in [0, 0.1) is 11.6 Å². The average Bonchev–Trinajstić information content (AvgIpc) is 2.92. The van der Waals surface area contributed by atoms with Crippen molar-refractivity contribution in [2.24, 2.45) is 0 Å². The summed E-state index contributed by atoms with van der Waals surface area (Å²) in [6, 6.07) is 8.00. The van der Waals surface area contributed by atoms with E-state index in [1.807, 2.05) is 4.90 Å². The van der Waals surface area contributed by atoms with Crippen molar-refractivity contribution in [2.45, 2.75) is 6.10 Å². The molecule has 0 amide bonds. The Morgan fingerprint density at radius 3 is 2.68 bits per heavy atom. The molecule has 128 valence electrons. The van der Waals surface area contributed by atoms with Gasteiger partial charge in [-0.05, 0) is 36.4 Å². The zero-order valence-corrected chi connectivity index (χ0v) is 14.3. The monoisotopic (exact) mass is 380 g/mol. The zero-order chi connectivity index (χ0) is 17.6. The molecule has 0 unspecified atom stereocenters. The van der Waals surface area contributed by atoms with E-state index in [0.717, 1.165) is 27.5 Å². The van der Waals surface area contributed by atoms with Crippen molar-refractivity contribution >= 4 is 44.3 Å². The second-order valence-corrected chi connectivity index (χ2v) is 7.08. The molecule has 0 spiro atoms. The Bertz CT molecular complexity index is 972. The van der Waals surface area contributed by atoms with Gasteiger partial charge in [0.1, 0.15) is 17.7 Å². The standard InChI is InChI=1S/C17H11ClF2N2O2S/c18-13-5-9(19)1-3-12(13)16(23)24-11-7-22(8-11)17-21-14-4-2-10(20)6-15(14)25-17/h1-6,11H,7-8H2. The first kappa shape index (κ1) is 16.2. The molecule has 8 heteroatoms. The van der Waals surface area contributed by atoms with Gasteiger partial charge in [-0.3, -0.25) is 0 Å². The molecule has 0 aliphatic carbocycles. The summed E-state index contributed by atoms with van der Waals surface area (Å²) >= 11 is 7.25. The van der Waals surface area contributed by atoms with Gasteiger partial charge in [0.15, 0.2) is 5.13 Å². The highest BCUT2D eigenvalue weighted by molar-refractivity contribution is 7.22. The van der Waals surface area contributed by atoms with Crippen molar-refractivity contribution in [3.8, 4) is 0 Å². The molecule has 1 saturated heterocycles. The van der Waals surface area contributed by atoms with E-state index in [1.54, 1.807) is 6.07 Å². The van der Waals surface area contributed by atoms with Crippen molar-refractivity contribution < 1.29 is 18.3 Å². The maximum atomic E-state index is 13.2. The number of anilines is 1. The van der Waals surface area contributed by atoms with Gasteiger partial charge in [-0.1, -0.05) is 22.9 Å². The van der Waals surface area contributed by atoms with Gasteiger partial charge in [-0.15, -0.1) is 0 Å². The van der Waals surface area contributed by atoms with Gasteiger partial charge in [0.05, 0.1) is 33.9 Å². The third kappa shape index (κ3) is 3.17. The highest BCUT2D eigenvalue weighted by Gasteiger charge is 2.32. The number of halogens is 3. The SMILES string of the molecule is O=C(OC1CN(c2nc3ccc(F)cc3s2)C1)c1ccc(F)cc1Cl. The van der Waals surface area contributed by atoms with E-state index in [9.17, 15) is 13.6 Å². The minimum atomic E-state index is -0.582. The van der Waals surface area contributed by atoms with Crippen LogP contribution in [0.4, 0.5) is 13.9 Å². The average molecular weight is 381 g/mol. The summed E-state index contributed by atoms with van der Waals surface area (Å²) in [5.41, 5.74) is 0.872. The van der Waals surface area contributed by atoms with Gasteiger partial charge in [-0.25, -0.2) is 18.6 Å². The van der Waals surface area contributed by atoms with Crippen molar-refractivity contribution in [3.05, 3.63) is 58.6 Å². The second-order valence-electron chi connectivity index (χ2n) is 5.66. The molecule has 1 aliphatic rings. The van der Waals surface area contributed by atoms with E-state index in [2.05, 4.69) is 4.98 Å². The highest BCUT2D eigenvalue weighted by Crippen LogP contribution is 2.32. The Morgan fingerprint density at radius 2 is 1.92 bits per heavy atom. The number of benzene rings is 2. The van der Waals surface area contributed by atoms with Crippen LogP contribution in [0.2, 0.25) is 5.02 Å². The summed E-state index contributed by atoms with van der Waals surface area (Å²) in [5, 5.41) is 0.780. The number of esters is 1. The molecule has 1 aromatic heterocycles. The second kappa shape index (κ2) is 6.24. The summed E-state index contributed by atoms with van der Waals surface area (Å²) in [7, 11) is 0. The molecule has 1 fully saturated rings. The van der Waals surface area contributed by atoms with Gasteiger partial charge in [0.25, 0.3) is 0 Å². The van der Waals surface area contributed by atoms with E-state index in [1.165, 1.54) is 29.5 Å². The van der Waals surface area contributed by atoms with Crippen molar-refractivity contribution in [3.63, 3.8) is 0 Å². The van der Waals surface area contributed by atoms with Crippen LogP contribution in [-0.2, 0) is 4.74 Å². The highest BCUT2D eigenvalue weighted by atomic mass is 35.5. The van der Waals surface area contributed by atoms with Crippen LogP contribution in [0.3, 0.4) is 0 Å². The van der Waals surface area contributed by atoms with E-state index in [0.29, 0.717) is 13.1 Å².